The molecule has 1 rings (SSSR count). The van der Waals surface area contributed by atoms with Crippen LogP contribution >= 0.6 is 0 Å². The predicted octanol–water partition coefficient (Wildman–Crippen LogP) is 2.05. The summed E-state index contributed by atoms with van der Waals surface area (Å²) in [5.74, 6) is -4.96. The minimum Gasteiger partial charge on any atom is -0.481 e. The van der Waals surface area contributed by atoms with Gasteiger partial charge in [0.15, 0.2) is 0 Å². The molecule has 8 heteroatoms. The van der Waals surface area contributed by atoms with Gasteiger partial charge in [-0.3, -0.25) is 9.59 Å². The molecule has 134 valence electrons. The molecular formula is C16H22O8. The summed E-state index contributed by atoms with van der Waals surface area (Å²) in [6, 6.07) is 0. The van der Waals surface area contributed by atoms with Crippen molar-refractivity contribution in [2.45, 2.75) is 12.8 Å². The minimum absolute atomic E-state index is 0.419. The maximum Gasteiger partial charge on any atom is 0.328 e. The first-order valence-electron chi connectivity index (χ1n) is 7.68. The zero-order chi connectivity index (χ0) is 21.1. The molecule has 0 saturated carbocycles. The highest BCUT2D eigenvalue weighted by Crippen LogP contribution is 2.22. The number of hydrogen-bond donors (Lipinski definition) is 4. The van der Waals surface area contributed by atoms with Crippen LogP contribution in [0.1, 0.15) is 15.8 Å². The average Bonchev–Trinajstić information content (AvgIpc) is 2.62. The third-order valence-corrected chi connectivity index (χ3v) is 2.59. The second kappa shape index (κ2) is 13.5. The summed E-state index contributed by atoms with van der Waals surface area (Å²) in [5.41, 5.74) is 0. The number of carboxylic acid groups (broad SMARTS) is 4. The van der Waals surface area contributed by atoms with Gasteiger partial charge >= 0.3 is 23.9 Å². The van der Waals surface area contributed by atoms with E-state index in [4.69, 9.17) is 23.4 Å². The molecule has 0 heterocycles. The molecular weight excluding hydrogens is 320 g/mol. The van der Waals surface area contributed by atoms with Crippen LogP contribution in [0.4, 0.5) is 0 Å². The van der Waals surface area contributed by atoms with Crippen LogP contribution in [0, 0.1) is 11.8 Å². The maximum atomic E-state index is 10.4. The molecule has 4 N–H and O–H groups in total. The smallest absolute Gasteiger partial charge is 0.328 e. The highest BCUT2D eigenvalue weighted by molar-refractivity contribution is 5.82. The fraction of sp³-hybridized carbons (Fsp3) is 0.250. The molecule has 0 fully saturated rings. The highest BCUT2D eigenvalue weighted by atomic mass is 16.4. The fourth-order valence-electron chi connectivity index (χ4n) is 1.51. The van der Waals surface area contributed by atoms with Gasteiger partial charge in [-0.05, 0) is 12.8 Å². The number of rotatable bonds is 5. The molecule has 0 aromatic rings. The summed E-state index contributed by atoms with van der Waals surface area (Å²) < 4.78 is 10.0. The van der Waals surface area contributed by atoms with Crippen molar-refractivity contribution in [2.75, 3.05) is 0 Å². The monoisotopic (exact) mass is 345 g/mol. The van der Waals surface area contributed by atoms with E-state index in [1.807, 2.05) is 0 Å². The predicted molar refractivity (Wildman–Crippen MR) is 87.5 cm³/mol. The number of aliphatic carboxylic acids is 4. The summed E-state index contributed by atoms with van der Waals surface area (Å²) in [5, 5.41) is 33.2. The van der Waals surface area contributed by atoms with Gasteiger partial charge in [0, 0.05) is 15.1 Å². The van der Waals surface area contributed by atoms with Crippen LogP contribution in [-0.2, 0) is 19.2 Å². The van der Waals surface area contributed by atoms with E-state index in [2.05, 4.69) is 13.2 Å². The Morgan fingerprint density at radius 1 is 0.875 bits per heavy atom. The first-order valence-corrected chi connectivity index (χ1v) is 6.68. The lowest BCUT2D eigenvalue weighted by molar-refractivity contribution is -0.143. The van der Waals surface area contributed by atoms with E-state index in [1.54, 1.807) is 0 Å². The van der Waals surface area contributed by atoms with Crippen molar-refractivity contribution in [3.63, 3.8) is 0 Å². The van der Waals surface area contributed by atoms with Crippen molar-refractivity contribution in [1.29, 1.82) is 0 Å². The van der Waals surface area contributed by atoms with Crippen LogP contribution in [-0.4, -0.2) is 44.3 Å². The van der Waals surface area contributed by atoms with E-state index in [0.29, 0.717) is 12.8 Å². The Morgan fingerprint density at radius 2 is 1.17 bits per heavy atom. The molecule has 1 aliphatic carbocycles. The number of carboxylic acids is 4. The zero-order valence-electron chi connectivity index (χ0n) is 14.9. The van der Waals surface area contributed by atoms with Crippen LogP contribution in [0.25, 0.3) is 0 Å². The fourth-order valence-corrected chi connectivity index (χ4v) is 1.51. The van der Waals surface area contributed by atoms with Gasteiger partial charge < -0.3 is 20.4 Å². The Morgan fingerprint density at radius 3 is 1.33 bits per heavy atom. The zero-order valence-corrected chi connectivity index (χ0v) is 12.9. The largest absolute Gasteiger partial charge is 0.481 e. The second-order valence-electron chi connectivity index (χ2n) is 4.25. The molecule has 0 aromatic heterocycles. The first-order chi connectivity index (χ1) is 12.2. The molecule has 0 bridgehead atoms. The lowest BCUT2D eigenvalue weighted by Gasteiger charge is -2.16. The summed E-state index contributed by atoms with van der Waals surface area (Å²) in [6.45, 7) is 6.00. The average molecular weight is 345 g/mol. The van der Waals surface area contributed by atoms with Gasteiger partial charge in [0.05, 0.1) is 11.8 Å². The number of allylic oxidation sites excluding steroid dienone is 2. The summed E-state index contributed by atoms with van der Waals surface area (Å²) in [4.78, 5) is 40.4. The van der Waals surface area contributed by atoms with Crippen molar-refractivity contribution < 1.29 is 42.6 Å². The van der Waals surface area contributed by atoms with Gasteiger partial charge in [-0.15, -0.1) is 13.2 Å². The van der Waals surface area contributed by atoms with Crippen LogP contribution in [0.15, 0.2) is 49.6 Å². The molecule has 24 heavy (non-hydrogen) atoms. The van der Waals surface area contributed by atoms with E-state index in [-0.39, 0.29) is 0 Å². The van der Waals surface area contributed by atoms with Crippen LogP contribution in [0.5, 0.6) is 0 Å². The maximum absolute atomic E-state index is 10.4. The summed E-state index contributed by atoms with van der Waals surface area (Å²) >= 11 is 0. The van der Waals surface area contributed by atoms with E-state index in [9.17, 15) is 19.2 Å². The highest BCUT2D eigenvalue weighted by Gasteiger charge is 2.24. The molecule has 2 unspecified atom stereocenters. The van der Waals surface area contributed by atoms with Gasteiger partial charge in [0.25, 0.3) is 0 Å². The van der Waals surface area contributed by atoms with Gasteiger partial charge in [0.1, 0.15) is 0 Å². The van der Waals surface area contributed by atoms with Crippen LogP contribution < -0.4 is 0 Å². The number of carbonyl (C=O) groups is 4. The Balaban J connectivity index is -0.000000346. The van der Waals surface area contributed by atoms with Gasteiger partial charge in [-0.25, -0.2) is 9.59 Å². The van der Waals surface area contributed by atoms with Crippen LogP contribution in [0.3, 0.4) is 0 Å². The minimum atomic E-state index is -1.10. The van der Waals surface area contributed by atoms with Crippen molar-refractivity contribution in [3.8, 4) is 0 Å². The number of hydrogen-bond acceptors (Lipinski definition) is 4. The standard InChI is InChI=1S/C8H10O4.C6H6O4.C2H4.H2/c9-7(10)5-1-2-6(4-3-5)8(11)12;7-5(8)3-1-2-4-6(9)10;1-2;/h1-2,5-6H,3-4H2,(H,9,10)(H,11,12);1-4H,(H,7,8)(H,9,10);1-2H2;1H/b;3-1-,4-2+;;/i;;;1+2D. The third-order valence-electron chi connectivity index (χ3n) is 2.59. The molecule has 0 spiro atoms. The Kier molecular flexibility index (Phi) is 11.7. The van der Waals surface area contributed by atoms with Crippen molar-refractivity contribution >= 4 is 23.9 Å². The molecule has 0 saturated heterocycles. The Hall–Kier alpha value is -3.16. The van der Waals surface area contributed by atoms with Gasteiger partial charge in [0.2, 0.25) is 0 Å². The first kappa shape index (κ1) is 20.8. The molecule has 0 radical (unpaired) electrons. The van der Waals surface area contributed by atoms with E-state index >= 15 is 0 Å². The molecule has 0 aliphatic heterocycles. The third kappa shape index (κ3) is 12.6. The van der Waals surface area contributed by atoms with Gasteiger partial charge in [-0.1, -0.05) is 24.3 Å². The lowest BCUT2D eigenvalue weighted by atomic mass is 9.89. The van der Waals surface area contributed by atoms with Crippen molar-refractivity contribution in [2.24, 2.45) is 11.8 Å². The summed E-state index contributed by atoms with van der Waals surface area (Å²) in [6.07, 6.45) is 7.73. The van der Waals surface area contributed by atoms with Crippen molar-refractivity contribution in [3.05, 3.63) is 49.6 Å². The molecule has 0 aromatic carbocycles. The molecule has 2 atom stereocenters. The Bertz CT molecular complexity index is 494. The van der Waals surface area contributed by atoms with Gasteiger partial charge in [-0.2, -0.15) is 0 Å². The Labute approximate surface area is 141 Å². The SMILES string of the molecule is C=C.O=C(O)/C=C\C=C\C(=O)O.O=C(O)C1C=CC(C(=O)O)CC1.[2H][3H]. The van der Waals surface area contributed by atoms with E-state index < -0.39 is 35.7 Å². The molecule has 0 amide bonds. The van der Waals surface area contributed by atoms with E-state index in [1.165, 1.54) is 12.2 Å². The topological polar surface area (TPSA) is 149 Å². The van der Waals surface area contributed by atoms with Crippen molar-refractivity contribution in [1.82, 2.24) is 0 Å². The molecule has 8 nitrogen and oxygen atoms in total. The van der Waals surface area contributed by atoms with Crippen LogP contribution in [0.2, 0.25) is 0 Å². The van der Waals surface area contributed by atoms with E-state index in [0.717, 1.165) is 24.3 Å². The quantitative estimate of drug-likeness (QED) is 0.336. The lowest BCUT2D eigenvalue weighted by Crippen LogP contribution is -2.20. The second-order valence-corrected chi connectivity index (χ2v) is 4.25. The normalized spacial score (nSPS) is 19.2. The summed E-state index contributed by atoms with van der Waals surface area (Å²) in [7, 11) is 0. The molecule has 1 aliphatic rings.